The van der Waals surface area contributed by atoms with Gasteiger partial charge < -0.3 is 40.6 Å². The molecule has 17 heteroatoms. The molecule has 0 saturated carbocycles. The third-order valence-corrected chi connectivity index (χ3v) is 8.56. The highest BCUT2D eigenvalue weighted by atomic mass is 32.2. The number of aliphatic hydroxyl groups is 1. The lowest BCUT2D eigenvalue weighted by Crippen LogP contribution is -2.43. The van der Waals surface area contributed by atoms with E-state index >= 15 is 0 Å². The van der Waals surface area contributed by atoms with E-state index in [9.17, 15) is 28.1 Å². The Bertz CT molecular complexity index is 1200. The quantitative estimate of drug-likeness (QED) is 0.0536. The smallest absolute Gasteiger partial charge is 0.336 e. The number of carbonyl (C=O) groups is 3. The lowest BCUT2D eigenvalue weighted by molar-refractivity contribution is -0.170. The second-order valence-electron chi connectivity index (χ2n) is 9.95. The summed E-state index contributed by atoms with van der Waals surface area (Å²) in [5.74, 6) is -4.61. The zero-order chi connectivity index (χ0) is 34.5. The van der Waals surface area contributed by atoms with E-state index in [0.717, 1.165) is 45.7 Å². The molecule has 0 aliphatic rings. The third-order valence-electron chi connectivity index (χ3n) is 6.85. The van der Waals surface area contributed by atoms with Gasteiger partial charge in [-0.25, -0.2) is 13.2 Å². The van der Waals surface area contributed by atoms with Gasteiger partial charge in [-0.05, 0) is 51.3 Å². The second kappa shape index (κ2) is 23.5. The zero-order valence-electron chi connectivity index (χ0n) is 27.1. The number of hydrogen-bond donors (Lipinski definition) is 5. The molecule has 16 nitrogen and oxygen atoms in total. The van der Waals surface area contributed by atoms with Gasteiger partial charge in [0.25, 0.3) is 0 Å². The van der Waals surface area contributed by atoms with Gasteiger partial charge in [-0.15, -0.1) is 0 Å². The van der Waals surface area contributed by atoms with Gasteiger partial charge in [0, 0.05) is 19.6 Å². The van der Waals surface area contributed by atoms with Crippen molar-refractivity contribution in [1.82, 2.24) is 20.0 Å². The molecular formula is C29H50N6O10S. The fourth-order valence-corrected chi connectivity index (χ4v) is 5.41. The molecule has 0 aliphatic heterocycles. The summed E-state index contributed by atoms with van der Waals surface area (Å²) in [4.78, 5) is 41.9. The Kier molecular flexibility index (Phi) is 22.6. The fourth-order valence-electron chi connectivity index (χ4n) is 4.14. The van der Waals surface area contributed by atoms with Crippen LogP contribution >= 0.6 is 0 Å². The lowest BCUT2D eigenvalue weighted by atomic mass is 9.96. The first kappa shape index (κ1) is 44.3. The number of rotatable bonds is 20. The Morgan fingerprint density at radius 3 is 1.80 bits per heavy atom. The molecule has 0 aliphatic carbocycles. The first-order chi connectivity index (χ1) is 21.2. The van der Waals surface area contributed by atoms with Crippen molar-refractivity contribution >= 4 is 33.7 Å². The Hall–Kier alpha value is -3.82. The number of sulfone groups is 1. The van der Waals surface area contributed by atoms with Gasteiger partial charge in [-0.2, -0.15) is 5.26 Å². The van der Waals surface area contributed by atoms with Gasteiger partial charge in [0.1, 0.15) is 0 Å². The summed E-state index contributed by atoms with van der Waals surface area (Å²) in [6.07, 6.45) is 0.537. The van der Waals surface area contributed by atoms with Crippen molar-refractivity contribution in [2.75, 3.05) is 64.7 Å². The highest BCUT2D eigenvalue weighted by Gasteiger charge is 2.40. The number of aliphatic carboxylic acids is 3. The maximum absolute atomic E-state index is 12.8. The number of carboxylic acid groups (broad SMARTS) is 3. The molecule has 7 N–H and O–H groups in total. The van der Waals surface area contributed by atoms with Crippen molar-refractivity contribution in [1.29, 1.82) is 5.26 Å². The number of guanidine groups is 1. The molecule has 0 bridgehead atoms. The Morgan fingerprint density at radius 2 is 1.37 bits per heavy atom. The van der Waals surface area contributed by atoms with Gasteiger partial charge in [0.2, 0.25) is 5.96 Å². The highest BCUT2D eigenvalue weighted by Crippen LogP contribution is 2.16. The normalized spacial score (nSPS) is 11.6. The minimum atomic E-state index is -3.42. The maximum Gasteiger partial charge on any atom is 0.336 e. The van der Waals surface area contributed by atoms with E-state index < -0.39 is 46.2 Å². The van der Waals surface area contributed by atoms with Crippen molar-refractivity contribution < 1.29 is 48.7 Å². The summed E-state index contributed by atoms with van der Waals surface area (Å²) in [6.45, 7) is 15.4. The van der Waals surface area contributed by atoms with E-state index in [1.807, 2.05) is 11.1 Å². The average molecular weight is 675 g/mol. The molecule has 0 unspecified atom stereocenters. The van der Waals surface area contributed by atoms with Crippen LogP contribution in [0.25, 0.3) is 0 Å². The zero-order valence-corrected chi connectivity index (χ0v) is 27.9. The summed E-state index contributed by atoms with van der Waals surface area (Å²) in [5, 5.41) is 45.8. The van der Waals surface area contributed by atoms with E-state index in [-0.39, 0.29) is 17.8 Å². The molecule has 1 aromatic carbocycles. The van der Waals surface area contributed by atoms with Gasteiger partial charge in [-0.1, -0.05) is 45.9 Å². The molecule has 1 rings (SSSR count). The van der Waals surface area contributed by atoms with E-state index in [1.54, 1.807) is 30.3 Å². The maximum atomic E-state index is 12.8. The number of nitrogens with zero attached hydrogens (tertiary/aromatic N) is 5. The third kappa shape index (κ3) is 17.6. The predicted octanol–water partition coefficient (Wildman–Crippen LogP) is 0.189. The molecule has 1 aromatic rings. The van der Waals surface area contributed by atoms with Crippen LogP contribution in [0.3, 0.4) is 0 Å². The number of nitrogens with one attached hydrogen (secondary N) is 1. The predicted molar refractivity (Wildman–Crippen MR) is 172 cm³/mol. The van der Waals surface area contributed by atoms with Crippen molar-refractivity contribution in [3.63, 3.8) is 0 Å². The van der Waals surface area contributed by atoms with Gasteiger partial charge in [-0.3, -0.25) is 19.9 Å². The largest absolute Gasteiger partial charge is 0.481 e. The summed E-state index contributed by atoms with van der Waals surface area (Å²) in [6, 6.07) is 8.49. The van der Waals surface area contributed by atoms with Crippen LogP contribution in [0, 0.1) is 11.5 Å². The summed E-state index contributed by atoms with van der Waals surface area (Å²) >= 11 is 0. The fraction of sp³-hybridized carbons (Fsp3) is 0.621. The average Bonchev–Trinajstić information content (AvgIpc) is 2.98. The topological polar surface area (TPSA) is 256 Å². The van der Waals surface area contributed by atoms with Crippen LogP contribution < -0.4 is 5.32 Å². The summed E-state index contributed by atoms with van der Waals surface area (Å²) in [5.41, 5.74) is -2.74. The first-order valence-electron chi connectivity index (χ1n) is 14.8. The molecular weight excluding hydrogens is 624 g/mol. The molecule has 46 heavy (non-hydrogen) atoms. The van der Waals surface area contributed by atoms with Crippen LogP contribution in [0.5, 0.6) is 0 Å². The number of likely N-dealkylation sites (N-methyl/N-ethyl adjacent to an activating group) is 1. The van der Waals surface area contributed by atoms with Crippen molar-refractivity contribution in [2.24, 2.45) is 4.99 Å². The molecule has 0 fully saturated rings. The van der Waals surface area contributed by atoms with Gasteiger partial charge in [0.05, 0.1) is 30.0 Å². The second-order valence-corrected chi connectivity index (χ2v) is 12.1. The monoisotopic (exact) mass is 674 g/mol. The standard InChI is InChI=1S/C23H40N6O2S.C6H8O7.H2O/c1-5-27(6-2)16-12-17-29(19-20-32(30,31)22-13-10-9-11-14-22)23(26-21-24)25-15-18-28(7-3)8-4;7-3(8)1-6(13,5(11)12)2-4(9)10;/h9-11,13-14H,5-8,12,15-20H2,1-4H3,(H,25,26);13H,1-2H2,(H,7,8)(H,9,10)(H,11,12);1H2. The van der Waals surface area contributed by atoms with E-state index in [2.05, 4.69) is 47.8 Å². The van der Waals surface area contributed by atoms with E-state index in [4.69, 9.17) is 20.4 Å². The number of benzene rings is 1. The number of hydrogen-bond acceptors (Lipinski definition) is 10. The SMILES string of the molecule is CCN(CC)CCCN(CCS(=O)(=O)c1ccccc1)C(=NCCN(CC)CC)NC#N.O.O=C(O)CC(O)(CC(=O)O)C(=O)O. The van der Waals surface area contributed by atoms with Crippen molar-refractivity contribution in [2.45, 2.75) is 57.5 Å². The van der Waals surface area contributed by atoms with Crippen molar-refractivity contribution in [3.8, 4) is 6.19 Å². The van der Waals surface area contributed by atoms with Crippen molar-refractivity contribution in [3.05, 3.63) is 30.3 Å². The Balaban J connectivity index is 0. The first-order valence-corrected chi connectivity index (χ1v) is 16.4. The number of carboxylic acids is 3. The highest BCUT2D eigenvalue weighted by molar-refractivity contribution is 7.91. The summed E-state index contributed by atoms with van der Waals surface area (Å²) < 4.78 is 25.6. The minimum absolute atomic E-state index is 0. The Labute approximate surface area is 271 Å². The van der Waals surface area contributed by atoms with E-state index in [0.29, 0.717) is 23.9 Å². The molecule has 262 valence electrons. The lowest BCUT2D eigenvalue weighted by Gasteiger charge is -2.27. The van der Waals surface area contributed by atoms with Gasteiger partial charge in [0.15, 0.2) is 21.6 Å². The molecule has 0 heterocycles. The summed E-state index contributed by atoms with van der Waals surface area (Å²) in [7, 11) is -3.42. The van der Waals surface area contributed by atoms with Crippen LogP contribution in [-0.2, 0) is 24.2 Å². The minimum Gasteiger partial charge on any atom is -0.481 e. The van der Waals surface area contributed by atoms with Crippen LogP contribution in [0.15, 0.2) is 40.2 Å². The molecule has 0 atom stereocenters. The van der Waals surface area contributed by atoms with Gasteiger partial charge >= 0.3 is 17.9 Å². The van der Waals surface area contributed by atoms with Crippen LogP contribution in [-0.4, -0.2) is 143 Å². The molecule has 0 aromatic heterocycles. The van der Waals surface area contributed by atoms with Crippen LogP contribution in [0.2, 0.25) is 0 Å². The Morgan fingerprint density at radius 1 is 0.870 bits per heavy atom. The number of aliphatic imine (C=N–C) groups is 1. The van der Waals surface area contributed by atoms with Crippen LogP contribution in [0.1, 0.15) is 47.0 Å². The molecule has 0 spiro atoms. The molecule has 0 saturated heterocycles. The van der Waals surface area contributed by atoms with Crippen LogP contribution in [0.4, 0.5) is 0 Å². The molecule has 0 amide bonds. The molecule has 0 radical (unpaired) electrons. The van der Waals surface area contributed by atoms with E-state index in [1.165, 1.54) is 0 Å². The number of nitriles is 1.